The lowest BCUT2D eigenvalue weighted by Crippen LogP contribution is -1.98. The van der Waals surface area contributed by atoms with Crippen LogP contribution in [0.4, 0.5) is 0 Å². The fraction of sp³-hybridized carbons (Fsp3) is 0.308. The Bertz CT molecular complexity index is 523. The molecule has 0 N–H and O–H groups in total. The van der Waals surface area contributed by atoms with Crippen molar-refractivity contribution in [3.63, 3.8) is 0 Å². The first-order valence-electron chi connectivity index (χ1n) is 5.31. The van der Waals surface area contributed by atoms with Gasteiger partial charge in [-0.05, 0) is 47.1 Å². The number of aromatic nitrogens is 1. The predicted octanol–water partition coefficient (Wildman–Crippen LogP) is 4.69. The van der Waals surface area contributed by atoms with Gasteiger partial charge in [0, 0.05) is 14.7 Å². The van der Waals surface area contributed by atoms with Crippen LogP contribution in [0.15, 0.2) is 24.3 Å². The molecule has 0 aliphatic carbocycles. The van der Waals surface area contributed by atoms with Crippen LogP contribution >= 0.6 is 34.2 Å². The van der Waals surface area contributed by atoms with E-state index < -0.39 is 0 Å². The Morgan fingerprint density at radius 1 is 1.38 bits per heavy atom. The Hall–Kier alpha value is -0.350. The first kappa shape index (κ1) is 12.1. The van der Waals surface area contributed by atoms with Crippen LogP contribution < -0.4 is 0 Å². The minimum atomic E-state index is 0.599. The lowest BCUT2D eigenvalue weighted by molar-refractivity contribution is 0.637. The molecule has 1 heterocycles. The van der Waals surface area contributed by atoms with Gasteiger partial charge in [0.05, 0.1) is 10.5 Å². The van der Waals surface area contributed by atoms with Crippen molar-refractivity contribution in [2.45, 2.75) is 20.3 Å². The number of benzene rings is 1. The van der Waals surface area contributed by atoms with Crippen molar-refractivity contribution in [1.29, 1.82) is 0 Å². The second-order valence-corrected chi connectivity index (χ2v) is 5.90. The van der Waals surface area contributed by atoms with Gasteiger partial charge in [-0.15, -0.1) is 0 Å². The molecule has 2 rings (SSSR count). The monoisotopic (exact) mass is 345 g/mol. The van der Waals surface area contributed by atoms with Crippen LogP contribution in [-0.4, -0.2) is 4.98 Å². The number of hydrogen-bond donors (Lipinski definition) is 0. The summed E-state index contributed by atoms with van der Waals surface area (Å²) >= 11 is 8.58. The van der Waals surface area contributed by atoms with Crippen molar-refractivity contribution in [2.75, 3.05) is 0 Å². The number of halogens is 2. The summed E-state index contributed by atoms with van der Waals surface area (Å²) in [5.41, 5.74) is 2.10. The van der Waals surface area contributed by atoms with Gasteiger partial charge in [0.25, 0.3) is 0 Å². The number of rotatable bonds is 2. The first-order valence-corrected chi connectivity index (χ1v) is 6.77. The lowest BCUT2D eigenvalue weighted by Gasteiger charge is -2.08. The van der Waals surface area contributed by atoms with Crippen LogP contribution in [0.2, 0.25) is 5.02 Å². The van der Waals surface area contributed by atoms with E-state index in [9.17, 15) is 0 Å². The first-order chi connectivity index (χ1) is 7.58. The van der Waals surface area contributed by atoms with Gasteiger partial charge in [-0.2, -0.15) is 0 Å². The van der Waals surface area contributed by atoms with Crippen LogP contribution in [0, 0.1) is 9.49 Å². The van der Waals surface area contributed by atoms with Gasteiger partial charge in [-0.1, -0.05) is 37.6 Å². The summed E-state index contributed by atoms with van der Waals surface area (Å²) < 4.78 is 1.16. The fourth-order valence-corrected chi connectivity index (χ4v) is 2.64. The molecule has 0 fully saturated rings. The zero-order valence-electron chi connectivity index (χ0n) is 9.30. The number of fused-ring (bicyclic) bond motifs is 1. The molecular formula is C13H13ClIN. The molecule has 2 aromatic rings. The van der Waals surface area contributed by atoms with Crippen molar-refractivity contribution in [2.24, 2.45) is 5.92 Å². The summed E-state index contributed by atoms with van der Waals surface area (Å²) in [5, 5.41) is 1.85. The fourth-order valence-electron chi connectivity index (χ4n) is 1.74. The maximum absolute atomic E-state index is 6.27. The van der Waals surface area contributed by atoms with Crippen molar-refractivity contribution in [3.8, 4) is 0 Å². The third-order valence-corrected chi connectivity index (χ3v) is 3.59. The average molecular weight is 346 g/mol. The molecule has 0 saturated carbocycles. The minimum Gasteiger partial charge on any atom is -0.252 e. The highest BCUT2D eigenvalue weighted by molar-refractivity contribution is 14.1. The Morgan fingerprint density at radius 2 is 2.12 bits per heavy atom. The highest BCUT2D eigenvalue weighted by Crippen LogP contribution is 2.27. The topological polar surface area (TPSA) is 12.9 Å². The van der Waals surface area contributed by atoms with Gasteiger partial charge in [0.1, 0.15) is 0 Å². The van der Waals surface area contributed by atoms with E-state index in [1.54, 1.807) is 0 Å². The van der Waals surface area contributed by atoms with E-state index in [4.69, 9.17) is 11.6 Å². The molecule has 1 aromatic heterocycles. The van der Waals surface area contributed by atoms with E-state index in [0.29, 0.717) is 5.92 Å². The molecule has 0 spiro atoms. The van der Waals surface area contributed by atoms with E-state index in [2.05, 4.69) is 47.5 Å². The third kappa shape index (κ3) is 2.48. The summed E-state index contributed by atoms with van der Waals surface area (Å²) in [6, 6.07) is 8.08. The molecule has 16 heavy (non-hydrogen) atoms. The molecule has 3 heteroatoms. The van der Waals surface area contributed by atoms with Gasteiger partial charge < -0.3 is 0 Å². The molecule has 0 bridgehead atoms. The van der Waals surface area contributed by atoms with E-state index in [1.165, 1.54) is 0 Å². The van der Waals surface area contributed by atoms with Crippen molar-refractivity contribution in [1.82, 2.24) is 4.98 Å². The van der Waals surface area contributed by atoms with Crippen molar-refractivity contribution >= 4 is 45.1 Å². The molecule has 0 amide bonds. The maximum Gasteiger partial charge on any atom is 0.0853 e. The Balaban J connectivity index is 2.61. The summed E-state index contributed by atoms with van der Waals surface area (Å²) in [6.45, 7) is 4.38. The van der Waals surface area contributed by atoms with Gasteiger partial charge in [0.2, 0.25) is 0 Å². The zero-order valence-corrected chi connectivity index (χ0v) is 12.2. The second-order valence-electron chi connectivity index (χ2n) is 4.33. The van der Waals surface area contributed by atoms with Crippen LogP contribution in [-0.2, 0) is 6.42 Å². The van der Waals surface area contributed by atoms with Crippen LogP contribution in [0.3, 0.4) is 0 Å². The van der Waals surface area contributed by atoms with Gasteiger partial charge >= 0.3 is 0 Å². The van der Waals surface area contributed by atoms with Crippen LogP contribution in [0.5, 0.6) is 0 Å². The maximum atomic E-state index is 6.27. The van der Waals surface area contributed by atoms with Crippen molar-refractivity contribution < 1.29 is 0 Å². The number of pyridine rings is 1. The molecule has 0 atom stereocenters. The molecule has 0 radical (unpaired) electrons. The highest BCUT2D eigenvalue weighted by Gasteiger charge is 2.07. The number of nitrogens with zero attached hydrogens (tertiary/aromatic N) is 1. The Morgan fingerprint density at radius 3 is 2.81 bits per heavy atom. The SMILES string of the molecule is CC(C)Cc1cc(Cl)c2cccc(I)c2n1. The standard InChI is InChI=1S/C13H13ClIN/c1-8(2)6-9-7-11(14)10-4-3-5-12(15)13(10)16-9/h3-5,7-8H,6H2,1-2H3. The molecule has 0 unspecified atom stereocenters. The van der Waals surface area contributed by atoms with Gasteiger partial charge in [-0.25, -0.2) is 0 Å². The lowest BCUT2D eigenvalue weighted by atomic mass is 10.1. The van der Waals surface area contributed by atoms with E-state index in [0.717, 1.165) is 31.6 Å². The Labute approximate surface area is 114 Å². The summed E-state index contributed by atoms with van der Waals surface area (Å²) in [4.78, 5) is 4.68. The molecule has 1 nitrogen and oxygen atoms in total. The van der Waals surface area contributed by atoms with Crippen LogP contribution in [0.25, 0.3) is 10.9 Å². The van der Waals surface area contributed by atoms with Crippen molar-refractivity contribution in [3.05, 3.63) is 38.6 Å². The summed E-state index contributed by atoms with van der Waals surface area (Å²) in [5.74, 6) is 0.599. The predicted molar refractivity (Wildman–Crippen MR) is 78.0 cm³/mol. The number of hydrogen-bond acceptors (Lipinski definition) is 1. The number of para-hydroxylation sites is 1. The van der Waals surface area contributed by atoms with Gasteiger partial charge in [0.15, 0.2) is 0 Å². The van der Waals surface area contributed by atoms with E-state index in [-0.39, 0.29) is 0 Å². The van der Waals surface area contributed by atoms with E-state index in [1.807, 2.05) is 18.2 Å². The largest absolute Gasteiger partial charge is 0.252 e. The summed E-state index contributed by atoms with van der Waals surface area (Å²) in [7, 11) is 0. The quantitative estimate of drug-likeness (QED) is 0.720. The van der Waals surface area contributed by atoms with Crippen LogP contribution in [0.1, 0.15) is 19.5 Å². The average Bonchev–Trinajstić information content (AvgIpc) is 2.19. The highest BCUT2D eigenvalue weighted by atomic mass is 127. The summed E-state index contributed by atoms with van der Waals surface area (Å²) in [6.07, 6.45) is 0.973. The smallest absolute Gasteiger partial charge is 0.0853 e. The molecule has 0 aliphatic rings. The molecular weight excluding hydrogens is 333 g/mol. The third-order valence-electron chi connectivity index (χ3n) is 2.41. The molecule has 1 aromatic carbocycles. The normalized spacial score (nSPS) is 11.3. The van der Waals surface area contributed by atoms with Gasteiger partial charge in [-0.3, -0.25) is 4.98 Å². The molecule has 84 valence electrons. The Kier molecular flexibility index (Phi) is 3.70. The second kappa shape index (κ2) is 4.88. The minimum absolute atomic E-state index is 0.599. The molecule has 0 saturated heterocycles. The van der Waals surface area contributed by atoms with E-state index >= 15 is 0 Å². The zero-order chi connectivity index (χ0) is 11.7. The molecule has 0 aliphatic heterocycles.